The average molecular weight is 243 g/mol. The van der Waals surface area contributed by atoms with Gasteiger partial charge in [-0.25, -0.2) is 0 Å². The van der Waals surface area contributed by atoms with E-state index in [1.807, 2.05) is 19.1 Å². The fourth-order valence-corrected chi connectivity index (χ4v) is 3.74. The molecule has 0 heterocycles. The Morgan fingerprint density at radius 1 is 1.22 bits per heavy atom. The summed E-state index contributed by atoms with van der Waals surface area (Å²) in [5.41, 5.74) is 3.13. The van der Waals surface area contributed by atoms with Gasteiger partial charge in [0.05, 0.1) is 0 Å². The molecule has 18 heavy (non-hydrogen) atoms. The highest BCUT2D eigenvalue weighted by Crippen LogP contribution is 2.44. The molecule has 2 fully saturated rings. The maximum absolute atomic E-state index is 12.3. The van der Waals surface area contributed by atoms with Crippen LogP contribution in [0.2, 0.25) is 0 Å². The van der Waals surface area contributed by atoms with Crippen LogP contribution >= 0.6 is 0 Å². The molecule has 0 aromatic heterocycles. The molecule has 2 saturated carbocycles. The van der Waals surface area contributed by atoms with E-state index in [0.717, 1.165) is 23.0 Å². The Bertz CT molecular complexity index is 480. The third-order valence-electron chi connectivity index (χ3n) is 4.68. The van der Waals surface area contributed by atoms with Crippen molar-refractivity contribution in [3.05, 3.63) is 34.9 Å². The van der Waals surface area contributed by atoms with Crippen LogP contribution in [0.5, 0.6) is 0 Å². The van der Waals surface area contributed by atoms with Crippen molar-refractivity contribution in [1.82, 2.24) is 5.32 Å². The maximum Gasteiger partial charge on any atom is 0.251 e. The summed E-state index contributed by atoms with van der Waals surface area (Å²) in [7, 11) is 0. The molecule has 0 spiro atoms. The quantitative estimate of drug-likeness (QED) is 0.849. The molecule has 96 valence electrons. The Labute approximate surface area is 109 Å². The van der Waals surface area contributed by atoms with Crippen molar-refractivity contribution in [3.63, 3.8) is 0 Å². The van der Waals surface area contributed by atoms with Crippen molar-refractivity contribution in [1.29, 1.82) is 0 Å². The number of benzene rings is 1. The molecule has 1 N–H and O–H groups in total. The first-order chi connectivity index (χ1) is 8.63. The van der Waals surface area contributed by atoms with Crippen molar-refractivity contribution in [2.24, 2.45) is 11.8 Å². The first-order valence-corrected chi connectivity index (χ1v) is 7.01. The lowest BCUT2D eigenvalue weighted by molar-refractivity contribution is 0.0922. The molecule has 0 aliphatic heterocycles. The summed E-state index contributed by atoms with van der Waals surface area (Å²) in [6, 6.07) is 6.47. The second kappa shape index (κ2) is 4.42. The first kappa shape index (κ1) is 11.8. The predicted molar refractivity (Wildman–Crippen MR) is 72.6 cm³/mol. The molecule has 2 nitrogen and oxygen atoms in total. The maximum atomic E-state index is 12.3. The van der Waals surface area contributed by atoms with Crippen LogP contribution in [0.15, 0.2) is 18.2 Å². The van der Waals surface area contributed by atoms with E-state index < -0.39 is 0 Å². The standard InChI is InChI=1S/C16H21NO/c1-10-3-6-14(11(2)7-10)16(18)17-15-9-12-4-5-13(15)8-12/h3,6-7,12-13,15H,4-5,8-9H2,1-2H3,(H,17,18)/t12-,13-,15-/m1/s1. The van der Waals surface area contributed by atoms with Gasteiger partial charge in [0, 0.05) is 11.6 Å². The predicted octanol–water partition coefficient (Wildman–Crippen LogP) is 3.22. The Kier molecular flexibility index (Phi) is 2.89. The van der Waals surface area contributed by atoms with Gasteiger partial charge in [0.1, 0.15) is 0 Å². The van der Waals surface area contributed by atoms with E-state index in [9.17, 15) is 4.79 Å². The Hall–Kier alpha value is -1.31. The molecule has 2 heteroatoms. The van der Waals surface area contributed by atoms with E-state index in [1.165, 1.54) is 31.2 Å². The van der Waals surface area contributed by atoms with Crippen LogP contribution in [0, 0.1) is 25.7 Å². The van der Waals surface area contributed by atoms with Crippen molar-refractivity contribution in [3.8, 4) is 0 Å². The number of carbonyl (C=O) groups excluding carboxylic acids is 1. The summed E-state index contributed by atoms with van der Waals surface area (Å²) in [6.07, 6.45) is 5.21. The number of rotatable bonds is 2. The fourth-order valence-electron chi connectivity index (χ4n) is 3.74. The van der Waals surface area contributed by atoms with Gasteiger partial charge in [-0.3, -0.25) is 4.79 Å². The highest BCUT2D eigenvalue weighted by atomic mass is 16.1. The van der Waals surface area contributed by atoms with Gasteiger partial charge >= 0.3 is 0 Å². The number of amides is 1. The zero-order valence-electron chi connectivity index (χ0n) is 11.2. The molecule has 3 atom stereocenters. The Morgan fingerprint density at radius 2 is 2.06 bits per heavy atom. The van der Waals surface area contributed by atoms with Gasteiger partial charge in [0.25, 0.3) is 5.91 Å². The van der Waals surface area contributed by atoms with Crippen molar-refractivity contribution < 1.29 is 4.79 Å². The molecule has 3 rings (SSSR count). The highest BCUT2D eigenvalue weighted by molar-refractivity contribution is 5.95. The number of nitrogens with one attached hydrogen (secondary N) is 1. The largest absolute Gasteiger partial charge is 0.349 e. The van der Waals surface area contributed by atoms with Crippen LogP contribution < -0.4 is 5.32 Å². The lowest BCUT2D eigenvalue weighted by atomic mass is 9.95. The minimum absolute atomic E-state index is 0.116. The summed E-state index contributed by atoms with van der Waals surface area (Å²) >= 11 is 0. The molecule has 2 aliphatic rings. The van der Waals surface area contributed by atoms with Crippen molar-refractivity contribution in [2.45, 2.75) is 45.6 Å². The van der Waals surface area contributed by atoms with Gasteiger partial charge in [-0.1, -0.05) is 24.1 Å². The minimum atomic E-state index is 0.116. The van der Waals surface area contributed by atoms with E-state index in [1.54, 1.807) is 0 Å². The van der Waals surface area contributed by atoms with Gasteiger partial charge in [0.2, 0.25) is 0 Å². The number of carbonyl (C=O) groups is 1. The van der Waals surface area contributed by atoms with Crippen LogP contribution in [0.3, 0.4) is 0 Å². The monoisotopic (exact) mass is 243 g/mol. The van der Waals surface area contributed by atoms with Crippen LogP contribution in [-0.2, 0) is 0 Å². The zero-order valence-corrected chi connectivity index (χ0v) is 11.2. The van der Waals surface area contributed by atoms with Crippen LogP contribution in [0.4, 0.5) is 0 Å². The summed E-state index contributed by atoms with van der Waals surface area (Å²) in [4.78, 5) is 12.3. The highest BCUT2D eigenvalue weighted by Gasteiger charge is 2.40. The van der Waals surface area contributed by atoms with E-state index in [4.69, 9.17) is 0 Å². The molecule has 2 bridgehead atoms. The molecule has 0 radical (unpaired) electrons. The van der Waals surface area contributed by atoms with Crippen molar-refractivity contribution >= 4 is 5.91 Å². The Morgan fingerprint density at radius 3 is 2.67 bits per heavy atom. The van der Waals surface area contributed by atoms with Crippen molar-refractivity contribution in [2.75, 3.05) is 0 Å². The van der Waals surface area contributed by atoms with Crippen LogP contribution in [-0.4, -0.2) is 11.9 Å². The average Bonchev–Trinajstić information content (AvgIpc) is 2.90. The number of fused-ring (bicyclic) bond motifs is 2. The molecule has 2 aliphatic carbocycles. The normalized spacial score (nSPS) is 29.6. The zero-order chi connectivity index (χ0) is 12.7. The SMILES string of the molecule is Cc1ccc(C(=O)N[C@@H]2C[C@@H]3CC[C@@H]2C3)c(C)c1. The van der Waals surface area contributed by atoms with Gasteiger partial charge in [-0.2, -0.15) is 0 Å². The fraction of sp³-hybridized carbons (Fsp3) is 0.562. The van der Waals surface area contributed by atoms with Crippen LogP contribution in [0.1, 0.15) is 47.2 Å². The lowest BCUT2D eigenvalue weighted by Gasteiger charge is -2.23. The molecular formula is C16H21NO. The van der Waals surface area contributed by atoms with Crippen LogP contribution in [0.25, 0.3) is 0 Å². The second-order valence-electron chi connectivity index (χ2n) is 6.07. The molecule has 0 unspecified atom stereocenters. The number of aryl methyl sites for hydroxylation is 2. The van der Waals surface area contributed by atoms with E-state index in [-0.39, 0.29) is 5.91 Å². The third kappa shape index (κ3) is 2.05. The smallest absolute Gasteiger partial charge is 0.251 e. The summed E-state index contributed by atoms with van der Waals surface area (Å²) in [5, 5.41) is 3.25. The summed E-state index contributed by atoms with van der Waals surface area (Å²) in [5.74, 6) is 1.73. The summed E-state index contributed by atoms with van der Waals surface area (Å²) in [6.45, 7) is 4.08. The van der Waals surface area contributed by atoms with Gasteiger partial charge in [-0.05, 0) is 56.6 Å². The molecule has 1 amide bonds. The molecule has 1 aromatic rings. The van der Waals surface area contributed by atoms with E-state index >= 15 is 0 Å². The third-order valence-corrected chi connectivity index (χ3v) is 4.68. The molecule has 0 saturated heterocycles. The Balaban J connectivity index is 1.71. The van der Waals surface area contributed by atoms with Gasteiger partial charge in [-0.15, -0.1) is 0 Å². The van der Waals surface area contributed by atoms with Gasteiger partial charge in [0.15, 0.2) is 0 Å². The minimum Gasteiger partial charge on any atom is -0.349 e. The number of hydrogen-bond donors (Lipinski definition) is 1. The van der Waals surface area contributed by atoms with E-state index in [2.05, 4.69) is 18.3 Å². The molecule has 1 aromatic carbocycles. The van der Waals surface area contributed by atoms with E-state index in [0.29, 0.717) is 6.04 Å². The second-order valence-corrected chi connectivity index (χ2v) is 6.07. The lowest BCUT2D eigenvalue weighted by Crippen LogP contribution is -2.38. The van der Waals surface area contributed by atoms with Gasteiger partial charge < -0.3 is 5.32 Å². The topological polar surface area (TPSA) is 29.1 Å². The molecular weight excluding hydrogens is 222 g/mol. The first-order valence-electron chi connectivity index (χ1n) is 7.01. The summed E-state index contributed by atoms with van der Waals surface area (Å²) < 4.78 is 0. The number of hydrogen-bond acceptors (Lipinski definition) is 1.